The van der Waals surface area contributed by atoms with Gasteiger partial charge in [0.1, 0.15) is 18.6 Å². The van der Waals surface area contributed by atoms with Gasteiger partial charge in [-0.15, -0.1) is 0 Å². The van der Waals surface area contributed by atoms with Gasteiger partial charge in [0.15, 0.2) is 0 Å². The summed E-state index contributed by atoms with van der Waals surface area (Å²) in [6.45, 7) is -0.687. The monoisotopic (exact) mass is 377 g/mol. The van der Waals surface area contributed by atoms with Crippen LogP contribution in [0.5, 0.6) is 0 Å². The molecular formula is C14H23N3O7S. The van der Waals surface area contributed by atoms with Crippen LogP contribution >= 0.6 is 11.8 Å². The molecule has 0 fully saturated rings. The molecule has 0 spiro atoms. The van der Waals surface area contributed by atoms with Gasteiger partial charge >= 0.3 is 11.9 Å². The van der Waals surface area contributed by atoms with E-state index in [0.29, 0.717) is 5.75 Å². The number of carbonyl (C=O) groups is 4. The number of nitrogens with two attached hydrogens (primary N) is 1. The van der Waals surface area contributed by atoms with E-state index < -0.39 is 42.4 Å². The van der Waals surface area contributed by atoms with Crippen molar-refractivity contribution in [1.82, 2.24) is 10.6 Å². The minimum atomic E-state index is -1.23. The Morgan fingerprint density at radius 3 is 2.40 bits per heavy atom. The number of carboxylic acid groups (broad SMARTS) is 2. The lowest BCUT2D eigenvalue weighted by Crippen LogP contribution is -2.49. The fourth-order valence-corrected chi connectivity index (χ4v) is 2.42. The first-order valence-electron chi connectivity index (χ1n) is 7.38. The van der Waals surface area contributed by atoms with Crippen LogP contribution in [0.25, 0.3) is 0 Å². The van der Waals surface area contributed by atoms with Crippen LogP contribution in [0.15, 0.2) is 12.2 Å². The zero-order chi connectivity index (χ0) is 19.2. The molecule has 142 valence electrons. The van der Waals surface area contributed by atoms with E-state index in [1.54, 1.807) is 6.08 Å². The van der Waals surface area contributed by atoms with E-state index in [-0.39, 0.29) is 25.2 Å². The topological polar surface area (TPSA) is 179 Å². The minimum Gasteiger partial charge on any atom is -0.480 e. The second-order valence-corrected chi connectivity index (χ2v) is 5.98. The summed E-state index contributed by atoms with van der Waals surface area (Å²) < 4.78 is 0. The molecule has 0 aromatic rings. The van der Waals surface area contributed by atoms with Gasteiger partial charge in [-0.05, 0) is 6.42 Å². The average molecular weight is 377 g/mol. The molecule has 2 amide bonds. The summed E-state index contributed by atoms with van der Waals surface area (Å²) in [6, 6.07) is -2.15. The van der Waals surface area contributed by atoms with Crippen molar-refractivity contribution in [3.63, 3.8) is 0 Å². The van der Waals surface area contributed by atoms with E-state index in [4.69, 9.17) is 21.1 Å². The molecule has 11 heteroatoms. The zero-order valence-corrected chi connectivity index (χ0v) is 14.3. The van der Waals surface area contributed by atoms with Gasteiger partial charge in [-0.25, -0.2) is 0 Å². The third-order valence-electron chi connectivity index (χ3n) is 2.84. The fourth-order valence-electron chi connectivity index (χ4n) is 1.54. The summed E-state index contributed by atoms with van der Waals surface area (Å²) in [4.78, 5) is 44.9. The maximum absolute atomic E-state index is 12.0. The quantitative estimate of drug-likeness (QED) is 0.159. The SMILES string of the molecule is N[C@@H](CCC(=O)N[C@@H](CSC/C=C/CO)C(=O)NCC(=O)O)C(=O)O. The van der Waals surface area contributed by atoms with Gasteiger partial charge in [0, 0.05) is 17.9 Å². The van der Waals surface area contributed by atoms with Gasteiger partial charge in [0.05, 0.1) is 6.61 Å². The highest BCUT2D eigenvalue weighted by Gasteiger charge is 2.22. The number of nitrogens with one attached hydrogen (secondary N) is 2. The van der Waals surface area contributed by atoms with Gasteiger partial charge in [0.25, 0.3) is 0 Å². The number of hydrogen-bond donors (Lipinski definition) is 6. The van der Waals surface area contributed by atoms with Gasteiger partial charge in [0.2, 0.25) is 11.8 Å². The Bertz CT molecular complexity index is 499. The Kier molecular flexibility index (Phi) is 12.1. The number of aliphatic hydroxyl groups excluding tert-OH is 1. The number of carbonyl (C=O) groups excluding carboxylic acids is 2. The molecule has 7 N–H and O–H groups in total. The van der Waals surface area contributed by atoms with Crippen molar-refractivity contribution in [2.24, 2.45) is 5.73 Å². The Labute approximate surface area is 148 Å². The minimum absolute atomic E-state index is 0.0863. The van der Waals surface area contributed by atoms with Gasteiger partial charge in [-0.2, -0.15) is 11.8 Å². The second kappa shape index (κ2) is 13.2. The molecule has 0 radical (unpaired) electrons. The smallest absolute Gasteiger partial charge is 0.322 e. The van der Waals surface area contributed by atoms with Crippen LogP contribution in [-0.2, 0) is 19.2 Å². The largest absolute Gasteiger partial charge is 0.480 e. The number of hydrogen-bond acceptors (Lipinski definition) is 7. The molecule has 25 heavy (non-hydrogen) atoms. The highest BCUT2D eigenvalue weighted by molar-refractivity contribution is 7.99. The Hall–Kier alpha value is -2.11. The number of aliphatic hydroxyl groups is 1. The van der Waals surface area contributed by atoms with Gasteiger partial charge < -0.3 is 31.7 Å². The summed E-state index contributed by atoms with van der Waals surface area (Å²) in [6.07, 6.45) is 2.95. The molecule has 2 atom stereocenters. The lowest BCUT2D eigenvalue weighted by Gasteiger charge is -2.18. The summed E-state index contributed by atoms with van der Waals surface area (Å²) in [7, 11) is 0. The predicted molar refractivity (Wildman–Crippen MR) is 91.0 cm³/mol. The van der Waals surface area contributed by atoms with Crippen molar-refractivity contribution in [2.75, 3.05) is 24.7 Å². The molecule has 10 nitrogen and oxygen atoms in total. The lowest BCUT2D eigenvalue weighted by molar-refractivity contribution is -0.139. The van der Waals surface area contributed by atoms with Crippen molar-refractivity contribution in [1.29, 1.82) is 0 Å². The number of aliphatic carboxylic acids is 2. The molecule has 0 bridgehead atoms. The third-order valence-corrected chi connectivity index (χ3v) is 3.83. The standard InChI is InChI=1S/C14H23N3O7S/c15-9(14(23)24)3-4-11(19)17-10(8-25-6-2-1-5-18)13(22)16-7-12(20)21/h1-2,9-10,18H,3-8,15H2,(H,16,22)(H,17,19)(H,20,21)(H,23,24)/b2-1+/t9-,10-/m0/s1. The van der Waals surface area contributed by atoms with Crippen LogP contribution < -0.4 is 16.4 Å². The van der Waals surface area contributed by atoms with E-state index in [0.717, 1.165) is 0 Å². The average Bonchev–Trinajstić information content (AvgIpc) is 2.55. The summed E-state index contributed by atoms with van der Waals surface area (Å²) >= 11 is 1.30. The van der Waals surface area contributed by atoms with Crippen LogP contribution in [0.4, 0.5) is 0 Å². The maximum atomic E-state index is 12.0. The molecule has 0 rings (SSSR count). The van der Waals surface area contributed by atoms with Gasteiger partial charge in [-0.1, -0.05) is 12.2 Å². The molecule has 0 aromatic carbocycles. The van der Waals surface area contributed by atoms with Crippen molar-refractivity contribution in [3.8, 4) is 0 Å². The van der Waals surface area contributed by atoms with E-state index in [2.05, 4.69) is 10.6 Å². The predicted octanol–water partition coefficient (Wildman–Crippen LogP) is -1.85. The molecule has 0 aliphatic heterocycles. The normalized spacial score (nSPS) is 13.2. The highest BCUT2D eigenvalue weighted by Crippen LogP contribution is 2.05. The van der Waals surface area contributed by atoms with Crippen LogP contribution in [0, 0.1) is 0 Å². The van der Waals surface area contributed by atoms with Gasteiger partial charge in [-0.3, -0.25) is 19.2 Å². The molecule has 0 unspecified atom stereocenters. The Morgan fingerprint density at radius 1 is 1.16 bits per heavy atom. The molecular weight excluding hydrogens is 354 g/mol. The first kappa shape index (κ1) is 22.9. The Balaban J connectivity index is 4.56. The van der Waals surface area contributed by atoms with Crippen LogP contribution in [0.2, 0.25) is 0 Å². The summed E-state index contributed by atoms with van der Waals surface area (Å²) in [5.41, 5.74) is 5.31. The fraction of sp³-hybridized carbons (Fsp3) is 0.571. The highest BCUT2D eigenvalue weighted by atomic mass is 32.2. The van der Waals surface area contributed by atoms with E-state index in [9.17, 15) is 19.2 Å². The second-order valence-electron chi connectivity index (χ2n) is 4.91. The molecule has 0 aromatic heterocycles. The van der Waals surface area contributed by atoms with Crippen molar-refractivity contribution in [2.45, 2.75) is 24.9 Å². The van der Waals surface area contributed by atoms with E-state index in [1.807, 2.05) is 0 Å². The van der Waals surface area contributed by atoms with Crippen LogP contribution in [0.1, 0.15) is 12.8 Å². The third kappa shape index (κ3) is 12.0. The number of thioether (sulfide) groups is 1. The van der Waals surface area contributed by atoms with Crippen molar-refractivity contribution >= 4 is 35.5 Å². The lowest BCUT2D eigenvalue weighted by atomic mass is 10.1. The molecule has 0 saturated heterocycles. The van der Waals surface area contributed by atoms with Crippen molar-refractivity contribution in [3.05, 3.63) is 12.2 Å². The number of carboxylic acids is 2. The summed E-state index contributed by atoms with van der Waals surface area (Å²) in [5, 5.41) is 30.5. The first-order chi connectivity index (χ1) is 11.8. The maximum Gasteiger partial charge on any atom is 0.322 e. The van der Waals surface area contributed by atoms with E-state index in [1.165, 1.54) is 17.8 Å². The van der Waals surface area contributed by atoms with Crippen molar-refractivity contribution < 1.29 is 34.5 Å². The van der Waals surface area contributed by atoms with Crippen LogP contribution in [0.3, 0.4) is 0 Å². The first-order valence-corrected chi connectivity index (χ1v) is 8.54. The van der Waals surface area contributed by atoms with Crippen LogP contribution in [-0.4, -0.2) is 75.8 Å². The number of amides is 2. The van der Waals surface area contributed by atoms with E-state index >= 15 is 0 Å². The molecule has 0 aliphatic rings. The molecule has 0 saturated carbocycles. The zero-order valence-electron chi connectivity index (χ0n) is 13.5. The summed E-state index contributed by atoms with van der Waals surface area (Å²) in [5.74, 6) is -2.99. The number of rotatable bonds is 13. The Morgan fingerprint density at radius 2 is 1.84 bits per heavy atom. The molecule has 0 aliphatic carbocycles. The molecule has 0 heterocycles.